The van der Waals surface area contributed by atoms with Gasteiger partial charge in [0, 0.05) is 43.8 Å². The van der Waals surface area contributed by atoms with Crippen LogP contribution in [0.2, 0.25) is 0 Å². The predicted molar refractivity (Wildman–Crippen MR) is 93.1 cm³/mol. The van der Waals surface area contributed by atoms with E-state index in [1.165, 1.54) is 0 Å². The lowest BCUT2D eigenvalue weighted by atomic mass is 10.0. The van der Waals surface area contributed by atoms with Crippen molar-refractivity contribution in [2.75, 3.05) is 29.9 Å². The summed E-state index contributed by atoms with van der Waals surface area (Å²) in [7, 11) is 0. The molecule has 4 rings (SSSR count). The number of fused-ring (bicyclic) bond motifs is 1. The minimum Gasteiger partial charge on any atom is -0.383 e. The molecule has 3 heterocycles. The SMILES string of the molecule is Cc1cnc(N2CCO[C@@H]3[C@H](CNc4cccnc4)CC[C@@H]32)nc1. The molecule has 0 unspecified atom stereocenters. The second-order valence-electron chi connectivity index (χ2n) is 6.62. The summed E-state index contributed by atoms with van der Waals surface area (Å²) >= 11 is 0. The molecule has 1 N–H and O–H groups in total. The van der Waals surface area contributed by atoms with Gasteiger partial charge in [0.15, 0.2) is 0 Å². The zero-order valence-electron chi connectivity index (χ0n) is 13.9. The number of morpholine rings is 1. The number of hydrogen-bond acceptors (Lipinski definition) is 6. The Morgan fingerprint density at radius 2 is 2.12 bits per heavy atom. The maximum absolute atomic E-state index is 6.13. The molecule has 0 aromatic carbocycles. The summed E-state index contributed by atoms with van der Waals surface area (Å²) in [5.74, 6) is 1.34. The van der Waals surface area contributed by atoms with Crippen LogP contribution in [0.3, 0.4) is 0 Å². The highest BCUT2D eigenvalue weighted by atomic mass is 16.5. The Morgan fingerprint density at radius 1 is 1.25 bits per heavy atom. The molecule has 2 aromatic rings. The molecule has 1 saturated heterocycles. The van der Waals surface area contributed by atoms with E-state index < -0.39 is 0 Å². The molecule has 2 fully saturated rings. The summed E-state index contributed by atoms with van der Waals surface area (Å²) < 4.78 is 6.13. The van der Waals surface area contributed by atoms with E-state index in [1.807, 2.05) is 37.6 Å². The second-order valence-corrected chi connectivity index (χ2v) is 6.62. The third-order valence-electron chi connectivity index (χ3n) is 4.97. The zero-order valence-corrected chi connectivity index (χ0v) is 13.9. The maximum atomic E-state index is 6.13. The van der Waals surface area contributed by atoms with Gasteiger partial charge in [0.2, 0.25) is 5.95 Å². The highest BCUT2D eigenvalue weighted by Gasteiger charge is 2.43. The molecule has 0 bridgehead atoms. The van der Waals surface area contributed by atoms with E-state index in [0.29, 0.717) is 12.0 Å². The predicted octanol–water partition coefficient (Wildman–Crippen LogP) is 2.28. The van der Waals surface area contributed by atoms with Gasteiger partial charge in [0.05, 0.1) is 24.4 Å². The number of ether oxygens (including phenoxy) is 1. The number of aryl methyl sites for hydroxylation is 1. The fourth-order valence-corrected chi connectivity index (χ4v) is 3.78. The van der Waals surface area contributed by atoms with Gasteiger partial charge in [-0.3, -0.25) is 4.98 Å². The van der Waals surface area contributed by atoms with Crippen molar-refractivity contribution in [3.63, 3.8) is 0 Å². The van der Waals surface area contributed by atoms with Crippen LogP contribution in [-0.2, 0) is 4.74 Å². The minimum atomic E-state index is 0.243. The van der Waals surface area contributed by atoms with E-state index in [0.717, 1.165) is 49.7 Å². The molecule has 1 aliphatic heterocycles. The Kier molecular flexibility index (Phi) is 4.30. The van der Waals surface area contributed by atoms with Crippen molar-refractivity contribution in [2.24, 2.45) is 5.92 Å². The average Bonchev–Trinajstić information content (AvgIpc) is 3.05. The van der Waals surface area contributed by atoms with E-state index >= 15 is 0 Å². The molecular weight excluding hydrogens is 302 g/mol. The molecule has 6 heteroatoms. The fraction of sp³-hybridized carbons (Fsp3) is 0.500. The number of pyridine rings is 1. The molecular formula is C18H23N5O. The number of nitrogens with zero attached hydrogens (tertiary/aromatic N) is 4. The fourth-order valence-electron chi connectivity index (χ4n) is 3.78. The topological polar surface area (TPSA) is 63.2 Å². The standard InChI is InChI=1S/C18H23N5O/c1-13-9-21-18(22-10-13)23-7-8-24-17-14(4-5-16(17)23)11-20-15-3-2-6-19-12-15/h2-3,6,9-10,12,14,16-17,20H,4-5,7-8,11H2,1H3/t14-,16-,17+/m0/s1. The lowest BCUT2D eigenvalue weighted by molar-refractivity contribution is 0.000807. The Hall–Kier alpha value is -2.21. The van der Waals surface area contributed by atoms with Crippen molar-refractivity contribution in [1.29, 1.82) is 0 Å². The summed E-state index contributed by atoms with van der Waals surface area (Å²) in [4.78, 5) is 15.5. The smallest absolute Gasteiger partial charge is 0.225 e. The van der Waals surface area contributed by atoms with Crippen LogP contribution in [0, 0.1) is 12.8 Å². The van der Waals surface area contributed by atoms with E-state index in [2.05, 4.69) is 25.2 Å². The number of hydrogen-bond donors (Lipinski definition) is 1. The lowest BCUT2D eigenvalue weighted by Crippen LogP contribution is -2.51. The Labute approximate surface area is 142 Å². The number of rotatable bonds is 4. The molecule has 126 valence electrons. The zero-order chi connectivity index (χ0) is 16.4. The first-order valence-corrected chi connectivity index (χ1v) is 8.62. The van der Waals surface area contributed by atoms with Gasteiger partial charge >= 0.3 is 0 Å². The number of nitrogens with one attached hydrogen (secondary N) is 1. The van der Waals surface area contributed by atoms with Crippen LogP contribution in [0.15, 0.2) is 36.9 Å². The van der Waals surface area contributed by atoms with E-state index in [9.17, 15) is 0 Å². The summed E-state index contributed by atoms with van der Waals surface area (Å²) in [5.41, 5.74) is 2.16. The lowest BCUT2D eigenvalue weighted by Gasteiger charge is -2.39. The molecule has 24 heavy (non-hydrogen) atoms. The highest BCUT2D eigenvalue weighted by Crippen LogP contribution is 2.36. The van der Waals surface area contributed by atoms with Gasteiger partial charge in [-0.25, -0.2) is 9.97 Å². The summed E-state index contributed by atoms with van der Waals surface area (Å²) in [6.07, 6.45) is 9.97. The first-order chi connectivity index (χ1) is 11.8. The van der Waals surface area contributed by atoms with Crippen LogP contribution < -0.4 is 10.2 Å². The van der Waals surface area contributed by atoms with Gasteiger partial charge in [-0.15, -0.1) is 0 Å². The molecule has 3 atom stereocenters. The van der Waals surface area contributed by atoms with Gasteiger partial charge in [-0.2, -0.15) is 0 Å². The Morgan fingerprint density at radius 3 is 2.92 bits per heavy atom. The third-order valence-corrected chi connectivity index (χ3v) is 4.97. The maximum Gasteiger partial charge on any atom is 0.225 e. The summed E-state index contributed by atoms with van der Waals surface area (Å²) in [6, 6.07) is 4.38. The van der Waals surface area contributed by atoms with Crippen molar-refractivity contribution < 1.29 is 4.74 Å². The molecule has 1 saturated carbocycles. The minimum absolute atomic E-state index is 0.243. The van der Waals surface area contributed by atoms with Gasteiger partial charge in [0.25, 0.3) is 0 Å². The van der Waals surface area contributed by atoms with Crippen LogP contribution in [0.1, 0.15) is 18.4 Å². The van der Waals surface area contributed by atoms with Gasteiger partial charge in [-0.1, -0.05) is 0 Å². The van der Waals surface area contributed by atoms with E-state index in [-0.39, 0.29) is 6.10 Å². The monoisotopic (exact) mass is 325 g/mol. The van der Waals surface area contributed by atoms with Gasteiger partial charge < -0.3 is 15.0 Å². The van der Waals surface area contributed by atoms with Crippen LogP contribution in [0.5, 0.6) is 0 Å². The van der Waals surface area contributed by atoms with Gasteiger partial charge in [-0.05, 0) is 37.5 Å². The highest BCUT2D eigenvalue weighted by molar-refractivity contribution is 5.40. The van der Waals surface area contributed by atoms with Gasteiger partial charge in [0.1, 0.15) is 0 Å². The normalized spacial score (nSPS) is 26.2. The summed E-state index contributed by atoms with van der Waals surface area (Å²) in [6.45, 7) is 4.53. The first kappa shape index (κ1) is 15.3. The second kappa shape index (κ2) is 6.73. The molecule has 2 aromatic heterocycles. The third kappa shape index (κ3) is 3.06. The van der Waals surface area contributed by atoms with E-state index in [4.69, 9.17) is 4.74 Å². The number of anilines is 2. The molecule has 0 spiro atoms. The van der Waals surface area contributed by atoms with Crippen molar-refractivity contribution in [1.82, 2.24) is 15.0 Å². The van der Waals surface area contributed by atoms with Crippen molar-refractivity contribution >= 4 is 11.6 Å². The van der Waals surface area contributed by atoms with Crippen molar-refractivity contribution in [2.45, 2.75) is 31.9 Å². The Bertz CT molecular complexity index is 663. The summed E-state index contributed by atoms with van der Waals surface area (Å²) in [5, 5.41) is 3.49. The van der Waals surface area contributed by atoms with Crippen molar-refractivity contribution in [3.05, 3.63) is 42.5 Å². The molecule has 0 amide bonds. The largest absolute Gasteiger partial charge is 0.383 e. The molecule has 6 nitrogen and oxygen atoms in total. The molecule has 0 radical (unpaired) electrons. The average molecular weight is 325 g/mol. The van der Waals surface area contributed by atoms with Crippen LogP contribution in [0.4, 0.5) is 11.6 Å². The van der Waals surface area contributed by atoms with Crippen LogP contribution >= 0.6 is 0 Å². The number of aromatic nitrogens is 3. The van der Waals surface area contributed by atoms with E-state index in [1.54, 1.807) is 6.20 Å². The Balaban J connectivity index is 1.43. The van der Waals surface area contributed by atoms with Crippen molar-refractivity contribution in [3.8, 4) is 0 Å². The van der Waals surface area contributed by atoms with Crippen LogP contribution in [-0.4, -0.2) is 46.8 Å². The molecule has 2 aliphatic rings. The quantitative estimate of drug-likeness (QED) is 0.930. The molecule has 1 aliphatic carbocycles. The van der Waals surface area contributed by atoms with Crippen LogP contribution in [0.25, 0.3) is 0 Å². The first-order valence-electron chi connectivity index (χ1n) is 8.62.